The molecule has 9 amide bonds. The van der Waals surface area contributed by atoms with Crippen molar-refractivity contribution in [1.82, 2.24) is 31.5 Å². The van der Waals surface area contributed by atoms with Gasteiger partial charge in [-0.05, 0) is 26.2 Å². The largest absolute Gasteiger partial charge is 0.481 e. The number of primary amides is 3. The van der Waals surface area contributed by atoms with E-state index in [9.17, 15) is 63.0 Å². The van der Waals surface area contributed by atoms with Crippen LogP contribution in [0.5, 0.6) is 0 Å². The summed E-state index contributed by atoms with van der Waals surface area (Å²) < 4.78 is 0. The number of thiol groups is 1. The van der Waals surface area contributed by atoms with Crippen molar-refractivity contribution in [2.24, 2.45) is 22.9 Å². The predicted molar refractivity (Wildman–Crippen MR) is 178 cm³/mol. The molecule has 0 radical (unpaired) electrons. The molecular formula is C28H44N10O13S. The fourth-order valence-corrected chi connectivity index (χ4v) is 5.06. The molecule has 290 valence electrons. The van der Waals surface area contributed by atoms with Gasteiger partial charge >= 0.3 is 11.9 Å². The lowest BCUT2D eigenvalue weighted by Gasteiger charge is -2.30. The van der Waals surface area contributed by atoms with Crippen molar-refractivity contribution < 1.29 is 63.0 Å². The Bertz CT molecular complexity index is 1430. The SMILES string of the molecule is C[C@H](NC(=O)[C@H](CC(N)=O)NC(=O)[C@@H](N)CCC(N)=O)C(=O)N[C@@H](CC(N)=O)C(=O)N1CCC[C@H]1C(=O)N[C@@H](CC(=O)O)C(=O)N[C@@H](CS)C(=O)O. The Morgan fingerprint density at radius 3 is 1.75 bits per heavy atom. The maximum atomic E-state index is 13.6. The number of hydrogen-bond donors (Lipinski definition) is 12. The Morgan fingerprint density at radius 1 is 0.712 bits per heavy atom. The van der Waals surface area contributed by atoms with Crippen molar-refractivity contribution in [3.8, 4) is 0 Å². The smallest absolute Gasteiger partial charge is 0.327 e. The summed E-state index contributed by atoms with van der Waals surface area (Å²) in [6.07, 6.45) is -2.64. The number of carbonyl (C=O) groups excluding carboxylic acids is 9. The van der Waals surface area contributed by atoms with Crippen molar-refractivity contribution in [2.75, 3.05) is 12.3 Å². The molecule has 1 saturated heterocycles. The van der Waals surface area contributed by atoms with Crippen LogP contribution in [0.3, 0.4) is 0 Å². The van der Waals surface area contributed by atoms with Gasteiger partial charge in [0.05, 0.1) is 25.3 Å². The minimum Gasteiger partial charge on any atom is -0.481 e. The molecule has 0 aromatic heterocycles. The van der Waals surface area contributed by atoms with Crippen LogP contribution in [-0.4, -0.2) is 135 Å². The average molecular weight is 761 g/mol. The number of nitrogens with one attached hydrogen (secondary N) is 5. The van der Waals surface area contributed by atoms with E-state index in [1.807, 2.05) is 0 Å². The molecule has 23 nitrogen and oxygen atoms in total. The van der Waals surface area contributed by atoms with E-state index in [1.165, 1.54) is 0 Å². The van der Waals surface area contributed by atoms with Crippen LogP contribution in [0.4, 0.5) is 0 Å². The normalized spacial score (nSPS) is 17.1. The van der Waals surface area contributed by atoms with Gasteiger partial charge < -0.3 is 64.6 Å². The molecule has 1 aliphatic rings. The highest BCUT2D eigenvalue weighted by atomic mass is 32.1. The first-order valence-electron chi connectivity index (χ1n) is 15.7. The van der Waals surface area contributed by atoms with Crippen LogP contribution >= 0.6 is 12.6 Å². The topological polar surface area (TPSA) is 396 Å². The molecular weight excluding hydrogens is 716 g/mol. The van der Waals surface area contributed by atoms with Gasteiger partial charge in [0.25, 0.3) is 0 Å². The first-order valence-corrected chi connectivity index (χ1v) is 16.3. The number of carboxylic acids is 2. The van der Waals surface area contributed by atoms with Gasteiger partial charge in [-0.3, -0.25) is 47.9 Å². The van der Waals surface area contributed by atoms with Crippen molar-refractivity contribution in [2.45, 2.75) is 94.2 Å². The quantitative estimate of drug-likeness (QED) is 0.0457. The zero-order chi connectivity index (χ0) is 39.9. The van der Waals surface area contributed by atoms with Gasteiger partial charge in [0.1, 0.15) is 36.3 Å². The molecule has 1 fully saturated rings. The van der Waals surface area contributed by atoms with Crippen LogP contribution in [0.25, 0.3) is 0 Å². The van der Waals surface area contributed by atoms with Crippen LogP contribution in [0.2, 0.25) is 0 Å². The van der Waals surface area contributed by atoms with E-state index in [4.69, 9.17) is 22.9 Å². The molecule has 52 heavy (non-hydrogen) atoms. The van der Waals surface area contributed by atoms with Crippen molar-refractivity contribution in [1.29, 1.82) is 0 Å². The zero-order valence-electron chi connectivity index (χ0n) is 28.0. The number of carbonyl (C=O) groups is 11. The van der Waals surface area contributed by atoms with E-state index in [0.29, 0.717) is 0 Å². The highest BCUT2D eigenvalue weighted by Crippen LogP contribution is 2.20. The Hall–Kier alpha value is -5.52. The van der Waals surface area contributed by atoms with Crippen LogP contribution in [0.1, 0.15) is 51.9 Å². The Kier molecular flexibility index (Phi) is 18.0. The number of nitrogens with two attached hydrogens (primary N) is 4. The predicted octanol–water partition coefficient (Wildman–Crippen LogP) is -6.75. The number of likely N-dealkylation sites (tertiary alicyclic amines) is 1. The first kappa shape index (κ1) is 44.5. The van der Waals surface area contributed by atoms with Gasteiger partial charge in [-0.15, -0.1) is 0 Å². The van der Waals surface area contributed by atoms with Gasteiger partial charge in [0.2, 0.25) is 53.2 Å². The summed E-state index contributed by atoms with van der Waals surface area (Å²) in [5, 5.41) is 29.4. The molecule has 0 spiro atoms. The number of amides is 9. The number of aliphatic carboxylic acids is 2. The van der Waals surface area contributed by atoms with E-state index in [0.717, 1.165) is 11.8 Å². The lowest BCUT2D eigenvalue weighted by atomic mass is 10.1. The fourth-order valence-electron chi connectivity index (χ4n) is 4.81. The molecule has 0 bridgehead atoms. The van der Waals surface area contributed by atoms with Crippen LogP contribution in [-0.2, 0) is 52.7 Å². The minimum atomic E-state index is -1.76. The number of hydrogen-bond acceptors (Lipinski definition) is 13. The summed E-state index contributed by atoms with van der Waals surface area (Å²) in [6.45, 7) is 1.07. The lowest BCUT2D eigenvalue weighted by molar-refractivity contribution is -0.145. The third kappa shape index (κ3) is 14.8. The lowest BCUT2D eigenvalue weighted by Crippen LogP contribution is -2.60. The third-order valence-electron chi connectivity index (χ3n) is 7.50. The Labute approximate surface area is 301 Å². The standard InChI is InChI=1S/C28H44N10O13S/c1-11(33-24(46)13(7-19(31)40)34-23(45)12(29)4-5-18(30)39)22(44)36-15(8-20(32)41)27(49)38-6-2-3-17(38)26(48)35-14(9-21(42)43)25(47)37-16(10-52)28(50)51/h11-17,52H,2-10,29H2,1H3,(H2,30,39)(H2,31,40)(H2,32,41)(H,33,46)(H,34,45)(H,35,48)(H,36,44)(H,37,47)(H,42,43)(H,50,51)/t11-,12-,13-,14-,15-,16-,17-/m0/s1. The Balaban J connectivity index is 3.10. The monoisotopic (exact) mass is 760 g/mol. The van der Waals surface area contributed by atoms with Crippen molar-refractivity contribution >= 4 is 77.7 Å². The second-order valence-corrected chi connectivity index (χ2v) is 12.1. The van der Waals surface area contributed by atoms with E-state index in [1.54, 1.807) is 0 Å². The highest BCUT2D eigenvalue weighted by Gasteiger charge is 2.40. The summed E-state index contributed by atoms with van der Waals surface area (Å²) in [6, 6.07) is -10.7. The molecule has 1 aliphatic heterocycles. The molecule has 7 atom stereocenters. The molecule has 0 aromatic rings. The van der Waals surface area contributed by atoms with Crippen LogP contribution < -0.4 is 49.5 Å². The third-order valence-corrected chi connectivity index (χ3v) is 7.86. The summed E-state index contributed by atoms with van der Waals surface area (Å²) in [4.78, 5) is 136. The fraction of sp³-hybridized carbons (Fsp3) is 0.607. The second kappa shape index (κ2) is 21.0. The molecule has 1 heterocycles. The van der Waals surface area contributed by atoms with Crippen LogP contribution in [0.15, 0.2) is 0 Å². The summed E-state index contributed by atoms with van der Waals surface area (Å²) in [7, 11) is 0. The van der Waals surface area contributed by atoms with E-state index < -0.39 is 127 Å². The van der Waals surface area contributed by atoms with E-state index >= 15 is 0 Å². The molecule has 15 N–H and O–H groups in total. The van der Waals surface area contributed by atoms with Gasteiger partial charge in [0, 0.05) is 18.7 Å². The molecule has 24 heteroatoms. The molecule has 0 saturated carbocycles. The highest BCUT2D eigenvalue weighted by molar-refractivity contribution is 7.80. The molecule has 1 rings (SSSR count). The maximum Gasteiger partial charge on any atom is 0.327 e. The van der Waals surface area contributed by atoms with Gasteiger partial charge in [-0.25, -0.2) is 4.79 Å². The minimum absolute atomic E-state index is 0.0102. The average Bonchev–Trinajstić information content (AvgIpc) is 3.54. The summed E-state index contributed by atoms with van der Waals surface area (Å²) in [5.74, 6) is -12.3. The van der Waals surface area contributed by atoms with E-state index in [2.05, 4.69) is 39.2 Å². The summed E-state index contributed by atoms with van der Waals surface area (Å²) in [5.41, 5.74) is 21.2. The first-order chi connectivity index (χ1) is 24.2. The van der Waals surface area contributed by atoms with Crippen molar-refractivity contribution in [3.63, 3.8) is 0 Å². The number of nitrogens with zero attached hydrogens (tertiary/aromatic N) is 1. The molecule has 0 aliphatic carbocycles. The van der Waals surface area contributed by atoms with E-state index in [-0.39, 0.29) is 38.0 Å². The van der Waals surface area contributed by atoms with Crippen LogP contribution in [0, 0.1) is 0 Å². The molecule has 0 aromatic carbocycles. The van der Waals surface area contributed by atoms with Gasteiger partial charge in [-0.1, -0.05) is 0 Å². The molecule has 0 unspecified atom stereocenters. The van der Waals surface area contributed by atoms with Gasteiger partial charge in [-0.2, -0.15) is 12.6 Å². The van der Waals surface area contributed by atoms with Gasteiger partial charge in [0.15, 0.2) is 0 Å². The maximum absolute atomic E-state index is 13.6. The number of rotatable bonds is 22. The second-order valence-electron chi connectivity index (χ2n) is 11.7. The zero-order valence-corrected chi connectivity index (χ0v) is 28.9. The summed E-state index contributed by atoms with van der Waals surface area (Å²) >= 11 is 3.81. The number of carboxylic acid groups (broad SMARTS) is 2. The van der Waals surface area contributed by atoms with Crippen molar-refractivity contribution in [3.05, 3.63) is 0 Å². The Morgan fingerprint density at radius 2 is 1.23 bits per heavy atom.